The van der Waals surface area contributed by atoms with Crippen LogP contribution in [-0.4, -0.2) is 31.2 Å². The summed E-state index contributed by atoms with van der Waals surface area (Å²) >= 11 is 6.17. The molecular weight excluding hydrogens is 254 g/mol. The average Bonchev–Trinajstić information content (AvgIpc) is 2.71. The zero-order chi connectivity index (χ0) is 12.9. The molecule has 0 aromatic carbocycles. The van der Waals surface area contributed by atoms with E-state index in [0.29, 0.717) is 11.5 Å². The Kier molecular flexibility index (Phi) is 2.38. The molecule has 2 atom stereocenters. The van der Waals surface area contributed by atoms with Crippen LogP contribution in [0.15, 0.2) is 16.9 Å². The quantitative estimate of drug-likeness (QED) is 0.803. The van der Waals surface area contributed by atoms with E-state index in [1.165, 1.54) is 4.52 Å². The van der Waals surface area contributed by atoms with Gasteiger partial charge in [-0.15, -0.1) is 16.7 Å². The van der Waals surface area contributed by atoms with Gasteiger partial charge < -0.3 is 5.32 Å². The molecule has 2 N–H and O–H groups in total. The molecule has 2 heterocycles. The van der Waals surface area contributed by atoms with Crippen LogP contribution in [0.5, 0.6) is 0 Å². The molecular formula is C11H14ClN5O. The Hall–Kier alpha value is -1.56. The lowest BCUT2D eigenvalue weighted by Crippen LogP contribution is -2.54. The molecule has 1 fully saturated rings. The molecule has 3 rings (SSSR count). The summed E-state index contributed by atoms with van der Waals surface area (Å²) < 4.78 is 1.24. The van der Waals surface area contributed by atoms with Crippen molar-refractivity contribution in [3.8, 4) is 0 Å². The lowest BCUT2D eigenvalue weighted by Gasteiger charge is -2.49. The van der Waals surface area contributed by atoms with Crippen molar-refractivity contribution in [2.45, 2.75) is 31.7 Å². The number of H-pyrrole nitrogens is 1. The van der Waals surface area contributed by atoms with Crippen molar-refractivity contribution in [1.82, 2.24) is 19.8 Å². The highest BCUT2D eigenvalue weighted by Crippen LogP contribution is 2.45. The van der Waals surface area contributed by atoms with Gasteiger partial charge in [-0.1, -0.05) is 13.8 Å². The van der Waals surface area contributed by atoms with E-state index >= 15 is 0 Å². The first-order valence-corrected chi connectivity index (χ1v) is 6.27. The Labute approximate surface area is 108 Å². The zero-order valence-electron chi connectivity index (χ0n) is 10.1. The fraction of sp³-hybridized carbons (Fsp3) is 0.545. The molecule has 1 aliphatic carbocycles. The second-order valence-electron chi connectivity index (χ2n) is 5.24. The summed E-state index contributed by atoms with van der Waals surface area (Å²) in [5.74, 6) is 0.660. The Morgan fingerprint density at radius 3 is 3.00 bits per heavy atom. The lowest BCUT2D eigenvalue weighted by molar-refractivity contribution is 0.168. The predicted octanol–water partition coefficient (Wildman–Crippen LogP) is 1.24. The SMILES string of the molecule is CC1(C)C(Cl)CC1Nc1ccc2n[nH]c(=O)n2n1. The number of aromatic nitrogens is 4. The first kappa shape index (κ1) is 11.5. The first-order chi connectivity index (χ1) is 8.48. The average molecular weight is 268 g/mol. The topological polar surface area (TPSA) is 75.1 Å². The number of fused-ring (bicyclic) bond motifs is 1. The minimum absolute atomic E-state index is 0.0273. The van der Waals surface area contributed by atoms with Crippen LogP contribution >= 0.6 is 11.6 Å². The fourth-order valence-corrected chi connectivity index (χ4v) is 2.51. The molecule has 0 radical (unpaired) electrons. The minimum Gasteiger partial charge on any atom is -0.365 e. The molecule has 0 spiro atoms. The van der Waals surface area contributed by atoms with Crippen molar-refractivity contribution < 1.29 is 0 Å². The van der Waals surface area contributed by atoms with Gasteiger partial charge in [0.2, 0.25) is 0 Å². The van der Waals surface area contributed by atoms with Crippen molar-refractivity contribution in [2.75, 3.05) is 5.32 Å². The van der Waals surface area contributed by atoms with E-state index in [2.05, 4.69) is 34.5 Å². The highest BCUT2D eigenvalue weighted by atomic mass is 35.5. The summed E-state index contributed by atoms with van der Waals surface area (Å²) in [5, 5.41) is 13.9. The summed E-state index contributed by atoms with van der Waals surface area (Å²) in [6.07, 6.45) is 0.897. The van der Waals surface area contributed by atoms with E-state index < -0.39 is 0 Å². The third-order valence-corrected chi connectivity index (χ3v) is 4.48. The molecule has 0 amide bonds. The van der Waals surface area contributed by atoms with Crippen LogP contribution < -0.4 is 11.0 Å². The van der Waals surface area contributed by atoms with Crippen molar-refractivity contribution in [1.29, 1.82) is 0 Å². The molecule has 2 aromatic rings. The third-order valence-electron chi connectivity index (χ3n) is 3.74. The van der Waals surface area contributed by atoms with E-state index in [9.17, 15) is 4.79 Å². The summed E-state index contributed by atoms with van der Waals surface area (Å²) in [7, 11) is 0. The second-order valence-corrected chi connectivity index (χ2v) is 5.77. The van der Waals surface area contributed by atoms with Crippen LogP contribution in [0.4, 0.5) is 5.82 Å². The van der Waals surface area contributed by atoms with E-state index in [1.54, 1.807) is 6.07 Å². The highest BCUT2D eigenvalue weighted by molar-refractivity contribution is 6.21. The number of rotatable bonds is 2. The highest BCUT2D eigenvalue weighted by Gasteiger charge is 2.47. The third kappa shape index (κ3) is 1.59. The number of hydrogen-bond acceptors (Lipinski definition) is 4. The van der Waals surface area contributed by atoms with Gasteiger partial charge >= 0.3 is 5.69 Å². The van der Waals surface area contributed by atoms with Crippen LogP contribution in [0.3, 0.4) is 0 Å². The number of nitrogens with zero attached hydrogens (tertiary/aromatic N) is 3. The number of nitrogens with one attached hydrogen (secondary N) is 2. The molecule has 0 bridgehead atoms. The standard InChI is InChI=1S/C11H14ClN5O/c1-11(2)6(12)5-7(11)13-8-3-4-9-14-15-10(18)17(9)16-8/h3-4,6-7H,5H2,1-2H3,(H,13,16)(H,15,18). The summed E-state index contributed by atoms with van der Waals surface area (Å²) in [5.41, 5.74) is 0.199. The molecule has 1 saturated carbocycles. The minimum atomic E-state index is -0.336. The molecule has 0 aliphatic heterocycles. The van der Waals surface area contributed by atoms with Crippen LogP contribution in [0.2, 0.25) is 0 Å². The van der Waals surface area contributed by atoms with Crippen molar-refractivity contribution >= 4 is 23.1 Å². The number of anilines is 1. The van der Waals surface area contributed by atoms with Gasteiger partial charge in [-0.05, 0) is 18.6 Å². The molecule has 2 unspecified atom stereocenters. The fourth-order valence-electron chi connectivity index (χ4n) is 2.18. The molecule has 1 aliphatic rings. The number of halogens is 1. The van der Waals surface area contributed by atoms with Crippen molar-refractivity contribution in [3.63, 3.8) is 0 Å². The maximum Gasteiger partial charge on any atom is 0.364 e. The zero-order valence-corrected chi connectivity index (χ0v) is 10.9. The molecule has 6 nitrogen and oxygen atoms in total. The Morgan fingerprint density at radius 1 is 1.56 bits per heavy atom. The Morgan fingerprint density at radius 2 is 2.33 bits per heavy atom. The van der Waals surface area contributed by atoms with Crippen molar-refractivity contribution in [2.24, 2.45) is 5.41 Å². The van der Waals surface area contributed by atoms with Gasteiger partial charge in [0.05, 0.1) is 0 Å². The number of hydrogen-bond donors (Lipinski definition) is 2. The molecule has 7 heteroatoms. The van der Waals surface area contributed by atoms with Gasteiger partial charge in [-0.2, -0.15) is 9.61 Å². The summed E-state index contributed by atoms with van der Waals surface area (Å²) in [6.45, 7) is 4.24. The second kappa shape index (κ2) is 3.71. The predicted molar refractivity (Wildman–Crippen MR) is 69.1 cm³/mol. The van der Waals surface area contributed by atoms with Gasteiger partial charge in [0.25, 0.3) is 0 Å². The summed E-state index contributed by atoms with van der Waals surface area (Å²) in [4.78, 5) is 11.4. The van der Waals surface area contributed by atoms with Gasteiger partial charge in [0, 0.05) is 16.8 Å². The van der Waals surface area contributed by atoms with Crippen LogP contribution in [0.1, 0.15) is 20.3 Å². The molecule has 2 aromatic heterocycles. The van der Waals surface area contributed by atoms with E-state index in [0.717, 1.165) is 6.42 Å². The smallest absolute Gasteiger partial charge is 0.364 e. The molecule has 18 heavy (non-hydrogen) atoms. The van der Waals surface area contributed by atoms with E-state index in [1.807, 2.05) is 6.07 Å². The number of aromatic amines is 1. The summed E-state index contributed by atoms with van der Waals surface area (Å²) in [6, 6.07) is 3.83. The van der Waals surface area contributed by atoms with E-state index in [-0.39, 0.29) is 22.5 Å². The van der Waals surface area contributed by atoms with Gasteiger partial charge in [0.1, 0.15) is 5.82 Å². The maximum atomic E-state index is 11.4. The number of alkyl halides is 1. The largest absolute Gasteiger partial charge is 0.365 e. The Balaban J connectivity index is 1.87. The molecule has 0 saturated heterocycles. The molecule has 96 valence electrons. The van der Waals surface area contributed by atoms with Crippen LogP contribution in [0.25, 0.3) is 5.65 Å². The monoisotopic (exact) mass is 267 g/mol. The van der Waals surface area contributed by atoms with Gasteiger partial charge in [-0.25, -0.2) is 9.89 Å². The first-order valence-electron chi connectivity index (χ1n) is 5.83. The van der Waals surface area contributed by atoms with Crippen LogP contribution in [-0.2, 0) is 0 Å². The lowest BCUT2D eigenvalue weighted by atomic mass is 9.67. The van der Waals surface area contributed by atoms with Crippen molar-refractivity contribution in [3.05, 3.63) is 22.6 Å². The van der Waals surface area contributed by atoms with Crippen LogP contribution in [0, 0.1) is 5.41 Å². The Bertz CT molecular complexity index is 646. The van der Waals surface area contributed by atoms with E-state index in [4.69, 9.17) is 11.6 Å². The maximum absolute atomic E-state index is 11.4. The normalized spacial score (nSPS) is 25.9. The van der Waals surface area contributed by atoms with Gasteiger partial charge in [-0.3, -0.25) is 0 Å². The van der Waals surface area contributed by atoms with Gasteiger partial charge in [0.15, 0.2) is 5.65 Å².